The molecular weight excluding hydrogens is 650 g/mol. The number of anilines is 1. The van der Waals surface area contributed by atoms with Crippen LogP contribution in [0.1, 0.15) is 38.3 Å². The van der Waals surface area contributed by atoms with Gasteiger partial charge in [-0.15, -0.1) is 11.8 Å². The summed E-state index contributed by atoms with van der Waals surface area (Å²) >= 11 is 1.48. The van der Waals surface area contributed by atoms with Gasteiger partial charge in [0, 0.05) is 29.5 Å². The summed E-state index contributed by atoms with van der Waals surface area (Å²) in [5, 5.41) is 2.98. The first-order valence-electron chi connectivity index (χ1n) is 15.8. The number of sulfonamides is 1. The number of thioether (sulfide) groups is 1. The normalized spacial score (nSPS) is 12.5. The Labute approximate surface area is 287 Å². The van der Waals surface area contributed by atoms with Gasteiger partial charge in [0.2, 0.25) is 11.8 Å². The van der Waals surface area contributed by atoms with E-state index in [0.717, 1.165) is 14.8 Å². The quantitative estimate of drug-likeness (QED) is 0.132. The van der Waals surface area contributed by atoms with Crippen LogP contribution in [0.2, 0.25) is 0 Å². The standard InChI is InChI=1S/C37H42FN3O5S2/c1-5-27(3)39-37(43)35(24-28-12-8-7-9-13-28)40(25-29-14-10-11-15-34(29)38)36(42)26-41(30-16-18-31(19-17-30)46-6-2)48(44,45)33-22-20-32(47-4)21-23-33/h7-23,27,35H,5-6,24-26H2,1-4H3,(H,39,43)/t27-,35+/m0/s1. The summed E-state index contributed by atoms with van der Waals surface area (Å²) in [4.78, 5) is 30.7. The van der Waals surface area contributed by atoms with Gasteiger partial charge in [0.1, 0.15) is 24.2 Å². The minimum atomic E-state index is -4.28. The number of halogens is 1. The Morgan fingerprint density at radius 1 is 0.896 bits per heavy atom. The van der Waals surface area contributed by atoms with Crippen LogP contribution in [0.15, 0.2) is 113 Å². The van der Waals surface area contributed by atoms with Gasteiger partial charge >= 0.3 is 0 Å². The summed E-state index contributed by atoms with van der Waals surface area (Å²) in [6, 6.07) is 26.8. The number of carbonyl (C=O) groups is 2. The zero-order valence-corrected chi connectivity index (χ0v) is 29.3. The largest absolute Gasteiger partial charge is 0.494 e. The molecular formula is C37H42FN3O5S2. The van der Waals surface area contributed by atoms with Gasteiger partial charge in [-0.05, 0) is 86.7 Å². The molecule has 0 aliphatic carbocycles. The van der Waals surface area contributed by atoms with E-state index < -0.39 is 40.2 Å². The van der Waals surface area contributed by atoms with Crippen molar-refractivity contribution in [2.45, 2.75) is 62.0 Å². The van der Waals surface area contributed by atoms with E-state index in [-0.39, 0.29) is 35.2 Å². The molecule has 4 aromatic rings. The van der Waals surface area contributed by atoms with Gasteiger partial charge in [-0.2, -0.15) is 0 Å². The molecule has 0 radical (unpaired) electrons. The second-order valence-corrected chi connectivity index (χ2v) is 14.0. The second kappa shape index (κ2) is 17.2. The molecule has 4 rings (SSSR count). The van der Waals surface area contributed by atoms with Crippen molar-refractivity contribution in [1.82, 2.24) is 10.2 Å². The van der Waals surface area contributed by atoms with Crippen molar-refractivity contribution in [2.24, 2.45) is 0 Å². The minimum absolute atomic E-state index is 0.00186. The van der Waals surface area contributed by atoms with Gasteiger partial charge in [0.15, 0.2) is 0 Å². The Kier molecular flexibility index (Phi) is 13.0. The molecule has 48 heavy (non-hydrogen) atoms. The lowest BCUT2D eigenvalue weighted by Crippen LogP contribution is -2.54. The zero-order valence-electron chi connectivity index (χ0n) is 27.6. The van der Waals surface area contributed by atoms with Crippen LogP contribution >= 0.6 is 11.8 Å². The van der Waals surface area contributed by atoms with E-state index >= 15 is 4.39 Å². The van der Waals surface area contributed by atoms with Crippen LogP contribution in [0.4, 0.5) is 10.1 Å². The van der Waals surface area contributed by atoms with Crippen LogP contribution in [0, 0.1) is 5.82 Å². The number of nitrogens with zero attached hydrogens (tertiary/aromatic N) is 2. The first-order valence-corrected chi connectivity index (χ1v) is 18.5. The molecule has 0 unspecified atom stereocenters. The lowest BCUT2D eigenvalue weighted by Gasteiger charge is -2.34. The third kappa shape index (κ3) is 9.38. The lowest BCUT2D eigenvalue weighted by molar-refractivity contribution is -0.140. The third-order valence-electron chi connectivity index (χ3n) is 7.93. The minimum Gasteiger partial charge on any atom is -0.494 e. The Morgan fingerprint density at radius 2 is 1.54 bits per heavy atom. The maximum atomic E-state index is 15.1. The predicted molar refractivity (Wildman–Crippen MR) is 189 cm³/mol. The zero-order chi connectivity index (χ0) is 34.7. The molecule has 0 saturated heterocycles. The predicted octanol–water partition coefficient (Wildman–Crippen LogP) is 6.70. The molecule has 0 aliphatic heterocycles. The van der Waals surface area contributed by atoms with Crippen molar-refractivity contribution in [1.29, 1.82) is 0 Å². The van der Waals surface area contributed by atoms with E-state index in [1.807, 2.05) is 57.4 Å². The molecule has 0 aromatic heterocycles. The fourth-order valence-corrected chi connectivity index (χ4v) is 6.91. The first kappa shape index (κ1) is 36.5. The van der Waals surface area contributed by atoms with E-state index in [1.54, 1.807) is 54.6 Å². The van der Waals surface area contributed by atoms with Crippen LogP contribution in [-0.2, 0) is 32.6 Å². The number of hydrogen-bond acceptors (Lipinski definition) is 6. The molecule has 2 amide bonds. The second-order valence-electron chi connectivity index (χ2n) is 11.3. The van der Waals surface area contributed by atoms with Gasteiger partial charge < -0.3 is 15.0 Å². The Hall–Kier alpha value is -4.35. The summed E-state index contributed by atoms with van der Waals surface area (Å²) < 4.78 is 50.2. The highest BCUT2D eigenvalue weighted by molar-refractivity contribution is 7.98. The van der Waals surface area contributed by atoms with Crippen molar-refractivity contribution >= 4 is 39.3 Å². The number of ether oxygens (including phenoxy) is 1. The molecule has 0 spiro atoms. The molecule has 1 N–H and O–H groups in total. The van der Waals surface area contributed by atoms with E-state index in [2.05, 4.69) is 5.32 Å². The third-order valence-corrected chi connectivity index (χ3v) is 10.5. The van der Waals surface area contributed by atoms with Crippen LogP contribution in [-0.4, -0.2) is 56.6 Å². The molecule has 0 fully saturated rings. The molecule has 2 atom stereocenters. The lowest BCUT2D eigenvalue weighted by atomic mass is 10.0. The summed E-state index contributed by atoms with van der Waals surface area (Å²) in [7, 11) is -4.28. The number of hydrogen-bond donors (Lipinski definition) is 1. The van der Waals surface area contributed by atoms with Gasteiger partial charge in [0.05, 0.1) is 17.2 Å². The average molecular weight is 692 g/mol. The average Bonchev–Trinajstić information content (AvgIpc) is 3.10. The number of rotatable bonds is 16. The fraction of sp³-hybridized carbons (Fsp3) is 0.297. The first-order chi connectivity index (χ1) is 23.1. The summed E-state index contributed by atoms with van der Waals surface area (Å²) in [6.45, 7) is 5.17. The van der Waals surface area contributed by atoms with Crippen molar-refractivity contribution in [3.63, 3.8) is 0 Å². The number of benzene rings is 4. The molecule has 11 heteroatoms. The Balaban J connectivity index is 1.82. The van der Waals surface area contributed by atoms with Crippen LogP contribution in [0.25, 0.3) is 0 Å². The van der Waals surface area contributed by atoms with Crippen LogP contribution in [0.3, 0.4) is 0 Å². The highest BCUT2D eigenvalue weighted by Gasteiger charge is 2.35. The maximum absolute atomic E-state index is 15.1. The molecule has 0 bridgehead atoms. The summed E-state index contributed by atoms with van der Waals surface area (Å²) in [5.74, 6) is -1.08. The summed E-state index contributed by atoms with van der Waals surface area (Å²) in [5.41, 5.74) is 1.22. The Morgan fingerprint density at radius 3 is 2.15 bits per heavy atom. The smallest absolute Gasteiger partial charge is 0.264 e. The van der Waals surface area contributed by atoms with Crippen LogP contribution < -0.4 is 14.4 Å². The Bertz CT molecular complexity index is 1750. The van der Waals surface area contributed by atoms with Gasteiger partial charge in [-0.1, -0.05) is 55.5 Å². The highest BCUT2D eigenvalue weighted by Crippen LogP contribution is 2.28. The summed E-state index contributed by atoms with van der Waals surface area (Å²) in [6.07, 6.45) is 2.68. The van der Waals surface area contributed by atoms with Gasteiger partial charge in [0.25, 0.3) is 10.0 Å². The molecule has 4 aromatic carbocycles. The monoisotopic (exact) mass is 691 g/mol. The van der Waals surface area contributed by atoms with Gasteiger partial charge in [-0.25, -0.2) is 12.8 Å². The fourth-order valence-electron chi connectivity index (χ4n) is 5.08. The highest BCUT2D eigenvalue weighted by atomic mass is 32.2. The maximum Gasteiger partial charge on any atom is 0.264 e. The van der Waals surface area contributed by atoms with Crippen molar-refractivity contribution in [3.8, 4) is 5.75 Å². The molecule has 0 saturated carbocycles. The van der Waals surface area contributed by atoms with E-state index in [9.17, 15) is 18.0 Å². The van der Waals surface area contributed by atoms with E-state index in [1.165, 1.54) is 34.9 Å². The molecule has 254 valence electrons. The van der Waals surface area contributed by atoms with E-state index in [4.69, 9.17) is 4.74 Å². The molecule has 0 heterocycles. The number of nitrogens with one attached hydrogen (secondary N) is 1. The van der Waals surface area contributed by atoms with E-state index in [0.29, 0.717) is 18.8 Å². The topological polar surface area (TPSA) is 96.0 Å². The molecule has 0 aliphatic rings. The van der Waals surface area contributed by atoms with Crippen molar-refractivity contribution < 1.29 is 27.1 Å². The van der Waals surface area contributed by atoms with Gasteiger partial charge in [-0.3, -0.25) is 13.9 Å². The molecule has 8 nitrogen and oxygen atoms in total. The van der Waals surface area contributed by atoms with Crippen molar-refractivity contribution in [2.75, 3.05) is 23.7 Å². The number of carbonyl (C=O) groups excluding carboxylic acids is 2. The van der Waals surface area contributed by atoms with Crippen LogP contribution in [0.5, 0.6) is 5.75 Å². The number of amides is 2. The SMILES string of the molecule is CCOc1ccc(N(CC(=O)N(Cc2ccccc2F)[C@H](Cc2ccccc2)C(=O)N[C@@H](C)CC)S(=O)(=O)c2ccc(SC)cc2)cc1. The van der Waals surface area contributed by atoms with Crippen molar-refractivity contribution in [3.05, 3.63) is 120 Å².